The van der Waals surface area contributed by atoms with Gasteiger partial charge in [0, 0.05) is 17.3 Å². The SMILES string of the molecule is Nc1c(Nc2ccc3ncccc3c2)cccc1C(=O)O. The minimum atomic E-state index is -1.04. The first kappa shape index (κ1) is 12.9. The minimum absolute atomic E-state index is 0.0856. The topological polar surface area (TPSA) is 88.2 Å². The number of benzene rings is 2. The molecule has 0 aliphatic heterocycles. The number of para-hydroxylation sites is 1. The fourth-order valence-corrected chi connectivity index (χ4v) is 2.17. The van der Waals surface area contributed by atoms with Crippen molar-refractivity contribution < 1.29 is 9.90 Å². The van der Waals surface area contributed by atoms with Crippen molar-refractivity contribution in [3.05, 3.63) is 60.3 Å². The molecule has 3 aromatic rings. The van der Waals surface area contributed by atoms with Crippen LogP contribution in [0.25, 0.3) is 10.9 Å². The molecule has 0 aliphatic rings. The predicted molar refractivity (Wildman–Crippen MR) is 82.8 cm³/mol. The Bertz CT molecular complexity index is 831. The van der Waals surface area contributed by atoms with E-state index in [9.17, 15) is 4.79 Å². The highest BCUT2D eigenvalue weighted by Gasteiger charge is 2.11. The first-order valence-electron chi connectivity index (χ1n) is 6.39. The molecule has 1 aromatic heterocycles. The van der Waals surface area contributed by atoms with E-state index in [-0.39, 0.29) is 11.3 Å². The number of carboxylic acid groups (broad SMARTS) is 1. The van der Waals surface area contributed by atoms with Crippen molar-refractivity contribution in [1.29, 1.82) is 0 Å². The summed E-state index contributed by atoms with van der Waals surface area (Å²) in [7, 11) is 0. The molecule has 5 heteroatoms. The number of fused-ring (bicyclic) bond motifs is 1. The molecule has 0 saturated carbocycles. The maximum absolute atomic E-state index is 11.1. The first-order chi connectivity index (χ1) is 10.1. The summed E-state index contributed by atoms with van der Waals surface area (Å²) in [5, 5.41) is 13.2. The summed E-state index contributed by atoms with van der Waals surface area (Å²) < 4.78 is 0. The van der Waals surface area contributed by atoms with E-state index < -0.39 is 5.97 Å². The van der Waals surface area contributed by atoms with Gasteiger partial charge < -0.3 is 16.2 Å². The number of carbonyl (C=O) groups is 1. The second kappa shape index (κ2) is 5.13. The molecule has 3 rings (SSSR count). The van der Waals surface area contributed by atoms with E-state index in [0.717, 1.165) is 16.6 Å². The molecule has 0 amide bonds. The van der Waals surface area contributed by atoms with Crippen LogP contribution in [0.4, 0.5) is 17.1 Å². The number of nitrogens with zero attached hydrogens (tertiary/aromatic N) is 1. The van der Waals surface area contributed by atoms with Gasteiger partial charge in [-0.1, -0.05) is 12.1 Å². The Kier molecular flexibility index (Phi) is 3.16. The van der Waals surface area contributed by atoms with Gasteiger partial charge in [-0.05, 0) is 36.4 Å². The van der Waals surface area contributed by atoms with Gasteiger partial charge in [0.1, 0.15) is 0 Å². The van der Waals surface area contributed by atoms with Crippen LogP contribution in [-0.2, 0) is 0 Å². The van der Waals surface area contributed by atoms with Crippen LogP contribution in [0.1, 0.15) is 10.4 Å². The second-order valence-electron chi connectivity index (χ2n) is 4.61. The highest BCUT2D eigenvalue weighted by Crippen LogP contribution is 2.27. The summed E-state index contributed by atoms with van der Waals surface area (Å²) in [5.41, 5.74) is 8.48. The molecular weight excluding hydrogens is 266 g/mol. The van der Waals surface area contributed by atoms with Crippen LogP contribution in [0.2, 0.25) is 0 Å². The van der Waals surface area contributed by atoms with Crippen molar-refractivity contribution in [2.75, 3.05) is 11.1 Å². The van der Waals surface area contributed by atoms with Crippen molar-refractivity contribution >= 4 is 33.9 Å². The van der Waals surface area contributed by atoms with Gasteiger partial charge in [-0.3, -0.25) is 4.98 Å². The highest BCUT2D eigenvalue weighted by atomic mass is 16.4. The number of aromatic nitrogens is 1. The fraction of sp³-hybridized carbons (Fsp3) is 0. The number of hydrogen-bond donors (Lipinski definition) is 3. The zero-order valence-corrected chi connectivity index (χ0v) is 11.1. The van der Waals surface area contributed by atoms with E-state index in [4.69, 9.17) is 10.8 Å². The van der Waals surface area contributed by atoms with E-state index in [1.165, 1.54) is 6.07 Å². The van der Waals surface area contributed by atoms with Crippen LogP contribution in [0.15, 0.2) is 54.7 Å². The quantitative estimate of drug-likeness (QED) is 0.640. The molecule has 0 saturated heterocycles. The third-order valence-corrected chi connectivity index (χ3v) is 3.22. The Morgan fingerprint density at radius 3 is 2.81 bits per heavy atom. The normalized spacial score (nSPS) is 10.5. The summed E-state index contributed by atoms with van der Waals surface area (Å²) in [4.78, 5) is 15.3. The molecule has 0 atom stereocenters. The van der Waals surface area contributed by atoms with E-state index in [1.807, 2.05) is 30.3 Å². The Morgan fingerprint density at radius 1 is 1.14 bits per heavy atom. The number of aromatic carboxylic acids is 1. The summed E-state index contributed by atoms with van der Waals surface area (Å²) in [6.45, 7) is 0. The molecule has 0 unspecified atom stereocenters. The molecular formula is C16H13N3O2. The van der Waals surface area contributed by atoms with Crippen LogP contribution < -0.4 is 11.1 Å². The van der Waals surface area contributed by atoms with Crippen molar-refractivity contribution in [2.45, 2.75) is 0 Å². The van der Waals surface area contributed by atoms with Crippen LogP contribution in [-0.4, -0.2) is 16.1 Å². The lowest BCUT2D eigenvalue weighted by Gasteiger charge is -2.11. The van der Waals surface area contributed by atoms with Gasteiger partial charge in [0.2, 0.25) is 0 Å². The van der Waals surface area contributed by atoms with E-state index in [1.54, 1.807) is 18.3 Å². The lowest BCUT2D eigenvalue weighted by Crippen LogP contribution is -2.05. The van der Waals surface area contributed by atoms with Gasteiger partial charge in [-0.15, -0.1) is 0 Å². The molecule has 0 spiro atoms. The fourth-order valence-electron chi connectivity index (χ4n) is 2.17. The number of pyridine rings is 1. The Labute approximate surface area is 121 Å². The molecule has 5 nitrogen and oxygen atoms in total. The first-order valence-corrected chi connectivity index (χ1v) is 6.39. The monoisotopic (exact) mass is 279 g/mol. The van der Waals surface area contributed by atoms with Crippen LogP contribution in [0, 0.1) is 0 Å². The Hall–Kier alpha value is -3.08. The third-order valence-electron chi connectivity index (χ3n) is 3.22. The number of rotatable bonds is 3. The lowest BCUT2D eigenvalue weighted by atomic mass is 10.1. The number of hydrogen-bond acceptors (Lipinski definition) is 4. The maximum Gasteiger partial charge on any atom is 0.337 e. The summed E-state index contributed by atoms with van der Waals surface area (Å²) in [6.07, 6.45) is 1.74. The molecule has 21 heavy (non-hydrogen) atoms. The number of carboxylic acids is 1. The van der Waals surface area contributed by atoms with Crippen molar-refractivity contribution in [2.24, 2.45) is 0 Å². The number of nitrogen functional groups attached to an aromatic ring is 1. The van der Waals surface area contributed by atoms with Crippen molar-refractivity contribution in [3.63, 3.8) is 0 Å². The molecule has 0 fully saturated rings. The average Bonchev–Trinajstić information content (AvgIpc) is 2.49. The largest absolute Gasteiger partial charge is 0.478 e. The zero-order chi connectivity index (χ0) is 14.8. The number of anilines is 3. The molecule has 104 valence electrons. The Balaban J connectivity index is 1.98. The predicted octanol–water partition coefficient (Wildman–Crippen LogP) is 3.26. The van der Waals surface area contributed by atoms with Crippen LogP contribution >= 0.6 is 0 Å². The highest BCUT2D eigenvalue weighted by molar-refractivity contribution is 5.98. The van der Waals surface area contributed by atoms with Gasteiger partial charge in [0.05, 0.1) is 22.5 Å². The van der Waals surface area contributed by atoms with Crippen LogP contribution in [0.5, 0.6) is 0 Å². The van der Waals surface area contributed by atoms with E-state index in [2.05, 4.69) is 10.3 Å². The second-order valence-corrected chi connectivity index (χ2v) is 4.61. The van der Waals surface area contributed by atoms with Crippen molar-refractivity contribution in [3.8, 4) is 0 Å². The summed E-state index contributed by atoms with van der Waals surface area (Å²) in [6, 6.07) is 14.4. The summed E-state index contributed by atoms with van der Waals surface area (Å²) >= 11 is 0. The van der Waals surface area contributed by atoms with Gasteiger partial charge in [-0.25, -0.2) is 4.79 Å². The molecule has 0 radical (unpaired) electrons. The number of nitrogens with two attached hydrogens (primary N) is 1. The number of nitrogens with one attached hydrogen (secondary N) is 1. The summed E-state index contributed by atoms with van der Waals surface area (Å²) in [5.74, 6) is -1.04. The Morgan fingerprint density at radius 2 is 2.00 bits per heavy atom. The standard InChI is InChI=1S/C16H13N3O2/c17-15-12(16(20)21)4-1-5-14(15)19-11-6-7-13-10(9-11)3-2-8-18-13/h1-9,19H,17H2,(H,20,21). The maximum atomic E-state index is 11.1. The minimum Gasteiger partial charge on any atom is -0.478 e. The molecule has 2 aromatic carbocycles. The van der Waals surface area contributed by atoms with Gasteiger partial charge in [0.15, 0.2) is 0 Å². The van der Waals surface area contributed by atoms with E-state index >= 15 is 0 Å². The third kappa shape index (κ3) is 2.49. The van der Waals surface area contributed by atoms with Gasteiger partial charge in [-0.2, -0.15) is 0 Å². The zero-order valence-electron chi connectivity index (χ0n) is 11.1. The average molecular weight is 279 g/mol. The van der Waals surface area contributed by atoms with Gasteiger partial charge >= 0.3 is 5.97 Å². The van der Waals surface area contributed by atoms with Crippen LogP contribution in [0.3, 0.4) is 0 Å². The van der Waals surface area contributed by atoms with Gasteiger partial charge in [0.25, 0.3) is 0 Å². The smallest absolute Gasteiger partial charge is 0.337 e. The molecule has 4 N–H and O–H groups in total. The van der Waals surface area contributed by atoms with Crippen molar-refractivity contribution in [1.82, 2.24) is 4.98 Å². The molecule has 1 heterocycles. The lowest BCUT2D eigenvalue weighted by molar-refractivity contribution is 0.0698. The molecule has 0 aliphatic carbocycles. The van der Waals surface area contributed by atoms with E-state index in [0.29, 0.717) is 5.69 Å². The molecule has 0 bridgehead atoms.